The normalized spacial score (nSPS) is 39.0. The molecule has 1 aromatic carbocycles. The molecule has 5 aliphatic heterocycles. The van der Waals surface area contributed by atoms with E-state index in [1.54, 1.807) is 0 Å². The van der Waals surface area contributed by atoms with E-state index in [2.05, 4.69) is 41.3 Å². The van der Waals surface area contributed by atoms with Gasteiger partial charge in [0, 0.05) is 35.5 Å². The minimum absolute atomic E-state index is 0.00407. The number of nitrogens with zero attached hydrogens (tertiary/aromatic N) is 1. The number of piperidine rings is 1. The van der Waals surface area contributed by atoms with Gasteiger partial charge in [-0.2, -0.15) is 0 Å². The van der Waals surface area contributed by atoms with Crippen molar-refractivity contribution in [3.05, 3.63) is 70.6 Å². The Hall–Kier alpha value is -1.95. The fourth-order valence-electron chi connectivity index (χ4n) is 11.1. The molecule has 1 spiro atoms. The van der Waals surface area contributed by atoms with Gasteiger partial charge in [0.2, 0.25) is 5.76 Å². The third kappa shape index (κ3) is 6.10. The van der Waals surface area contributed by atoms with Crippen LogP contribution in [0.15, 0.2) is 65.0 Å². The van der Waals surface area contributed by atoms with E-state index in [1.165, 1.54) is 57.0 Å². The van der Waals surface area contributed by atoms with Crippen molar-refractivity contribution in [2.45, 2.75) is 94.9 Å². The van der Waals surface area contributed by atoms with E-state index in [0.29, 0.717) is 28.9 Å². The standard InChI is InChI=1S/C39H51NO7S2/c1-45-35-28(20-42)38(44)47-37(35)36-27(19-41)34-31-17-24(15-23-7-3-2-4-8-23)16-30-32(43)18-29-25(11-14-39(29)12-5-6-13-39)21-48-49-22-26(40(30)31)9-10-33(34)46-36/h2-4,7-8,10,24-27,29-32,34,41-43H,5-6,9,11-22H2,1H3. The number of fused-ring (bicyclic) bond motifs is 4. The Morgan fingerprint density at radius 3 is 2.53 bits per heavy atom. The second-order valence-electron chi connectivity index (χ2n) is 15.6. The van der Waals surface area contributed by atoms with E-state index in [4.69, 9.17) is 14.2 Å². The topological polar surface area (TPSA) is 109 Å². The second-order valence-corrected chi connectivity index (χ2v) is 18.2. The van der Waals surface area contributed by atoms with Crippen LogP contribution in [0.5, 0.6) is 0 Å². The zero-order valence-corrected chi connectivity index (χ0v) is 30.1. The molecule has 49 heavy (non-hydrogen) atoms. The lowest BCUT2D eigenvalue weighted by Crippen LogP contribution is -2.61. The highest BCUT2D eigenvalue weighted by atomic mass is 33.1. The monoisotopic (exact) mass is 709 g/mol. The molecule has 3 N–H and O–H groups in total. The number of methoxy groups -OCH3 is 1. The van der Waals surface area contributed by atoms with Crippen LogP contribution in [-0.4, -0.2) is 82.2 Å². The maximum absolute atomic E-state index is 12.7. The Labute approximate surface area is 298 Å². The van der Waals surface area contributed by atoms with Crippen LogP contribution in [0.25, 0.3) is 0 Å². The third-order valence-corrected chi connectivity index (χ3v) is 15.8. The molecule has 0 amide bonds. The van der Waals surface area contributed by atoms with E-state index < -0.39 is 24.6 Å². The fraction of sp³-hybridized carbons (Fsp3) is 0.667. The smallest absolute Gasteiger partial charge is 0.345 e. The first kappa shape index (κ1) is 34.2. The summed E-state index contributed by atoms with van der Waals surface area (Å²) in [6.45, 7) is -0.696. The molecule has 9 atom stereocenters. The average Bonchev–Trinajstić information content (AvgIpc) is 3.87. The molecular formula is C39H51NO7S2. The number of benzene rings is 1. The van der Waals surface area contributed by atoms with Crippen LogP contribution in [0.4, 0.5) is 0 Å². The molecule has 0 aromatic heterocycles. The molecule has 8 nitrogen and oxygen atoms in total. The van der Waals surface area contributed by atoms with Crippen LogP contribution >= 0.6 is 21.6 Å². The zero-order valence-electron chi connectivity index (χ0n) is 28.5. The van der Waals surface area contributed by atoms with Gasteiger partial charge < -0.3 is 29.5 Å². The Bertz CT molecular complexity index is 1490. The summed E-state index contributed by atoms with van der Waals surface area (Å²) in [6, 6.07) is 11.0. The van der Waals surface area contributed by atoms with Gasteiger partial charge in [0.15, 0.2) is 11.5 Å². The van der Waals surface area contributed by atoms with Crippen LogP contribution in [-0.2, 0) is 25.4 Å². The molecule has 1 aromatic rings. The molecule has 7 aliphatic rings. The van der Waals surface area contributed by atoms with Gasteiger partial charge in [-0.25, -0.2) is 4.79 Å². The van der Waals surface area contributed by atoms with Gasteiger partial charge in [-0.1, -0.05) is 64.8 Å². The maximum Gasteiger partial charge on any atom is 0.345 e. The number of ether oxygens (including phenoxy) is 3. The van der Waals surface area contributed by atoms with Crippen LogP contribution in [0.2, 0.25) is 0 Å². The van der Waals surface area contributed by atoms with E-state index >= 15 is 0 Å². The Balaban J connectivity index is 1.19. The van der Waals surface area contributed by atoms with Crippen LogP contribution in [0.3, 0.4) is 0 Å². The van der Waals surface area contributed by atoms with Crippen molar-refractivity contribution >= 4 is 27.6 Å². The largest absolute Gasteiger partial charge is 0.492 e. The lowest BCUT2D eigenvalue weighted by atomic mass is 9.69. The van der Waals surface area contributed by atoms with E-state index in [-0.39, 0.29) is 47.7 Å². The van der Waals surface area contributed by atoms with Gasteiger partial charge >= 0.3 is 5.97 Å². The Morgan fingerprint density at radius 1 is 1.00 bits per heavy atom. The summed E-state index contributed by atoms with van der Waals surface area (Å²) >= 11 is 0. The molecule has 9 unspecified atom stereocenters. The van der Waals surface area contributed by atoms with Crippen LogP contribution < -0.4 is 0 Å². The average molecular weight is 710 g/mol. The van der Waals surface area contributed by atoms with E-state index in [0.717, 1.165) is 43.6 Å². The number of carbonyl (C=O) groups is 1. The number of aliphatic hydroxyl groups is 3. The molecule has 10 heteroatoms. The Morgan fingerprint density at radius 2 is 1.78 bits per heavy atom. The van der Waals surface area contributed by atoms with Gasteiger partial charge in [0.05, 0.1) is 32.3 Å². The number of hydrogen-bond donors (Lipinski definition) is 3. The first-order chi connectivity index (χ1) is 23.9. The van der Waals surface area contributed by atoms with E-state index in [9.17, 15) is 20.1 Å². The third-order valence-electron chi connectivity index (χ3n) is 13.3. The molecule has 5 heterocycles. The maximum atomic E-state index is 12.7. The van der Waals surface area contributed by atoms with Gasteiger partial charge in [-0.15, -0.1) is 0 Å². The number of carbonyl (C=O) groups excluding carboxylic acids is 1. The summed E-state index contributed by atoms with van der Waals surface area (Å²) in [5, 5.41) is 33.6. The number of esters is 1. The predicted octanol–water partition coefficient (Wildman–Crippen LogP) is 5.98. The predicted molar refractivity (Wildman–Crippen MR) is 191 cm³/mol. The first-order valence-electron chi connectivity index (χ1n) is 18.5. The zero-order chi connectivity index (χ0) is 33.7. The van der Waals surface area contributed by atoms with Crippen LogP contribution in [0.1, 0.15) is 69.8 Å². The van der Waals surface area contributed by atoms with Crippen molar-refractivity contribution in [1.82, 2.24) is 4.90 Å². The summed E-state index contributed by atoms with van der Waals surface area (Å²) in [4.78, 5) is 15.4. The molecule has 2 saturated carbocycles. The lowest BCUT2D eigenvalue weighted by molar-refractivity contribution is -0.134. The highest BCUT2D eigenvalue weighted by Crippen LogP contribution is 2.60. The number of aliphatic hydroxyl groups excluding tert-OH is 3. The minimum Gasteiger partial charge on any atom is -0.492 e. The SMILES string of the molecule is COC1=C(CO)C(=O)OC1=C1OC2=CCC3CSSCC4CCC5(CCCC5)C4CC(O)C4CC(Cc5ccccc5)CC(C2C1CO)N34. The van der Waals surface area contributed by atoms with Crippen molar-refractivity contribution in [2.24, 2.45) is 35.0 Å². The second kappa shape index (κ2) is 14.2. The van der Waals surface area contributed by atoms with Crippen molar-refractivity contribution in [1.29, 1.82) is 0 Å². The molecule has 3 saturated heterocycles. The quantitative estimate of drug-likeness (QED) is 0.250. The van der Waals surface area contributed by atoms with Crippen LogP contribution in [0, 0.1) is 35.0 Å². The molecule has 8 rings (SSSR count). The van der Waals surface area contributed by atoms with Gasteiger partial charge in [0.25, 0.3) is 0 Å². The van der Waals surface area contributed by atoms with Crippen molar-refractivity contribution in [2.75, 3.05) is 31.8 Å². The molecule has 266 valence electrons. The lowest BCUT2D eigenvalue weighted by Gasteiger charge is -2.52. The molecule has 0 radical (unpaired) electrons. The van der Waals surface area contributed by atoms with Gasteiger partial charge in [0.1, 0.15) is 11.3 Å². The summed E-state index contributed by atoms with van der Waals surface area (Å²) in [5.74, 6) is 3.97. The summed E-state index contributed by atoms with van der Waals surface area (Å²) in [5.41, 5.74) is 1.77. The molecular weight excluding hydrogens is 659 g/mol. The number of hydrogen-bond acceptors (Lipinski definition) is 10. The summed E-state index contributed by atoms with van der Waals surface area (Å²) in [7, 11) is 5.50. The van der Waals surface area contributed by atoms with Gasteiger partial charge in [-0.05, 0) is 92.6 Å². The first-order valence-corrected chi connectivity index (χ1v) is 21.0. The van der Waals surface area contributed by atoms with Crippen molar-refractivity contribution in [3.8, 4) is 0 Å². The Kier molecular flexibility index (Phi) is 9.92. The highest BCUT2D eigenvalue weighted by molar-refractivity contribution is 8.76. The molecule has 0 bridgehead atoms. The van der Waals surface area contributed by atoms with Gasteiger partial charge in [-0.3, -0.25) is 4.90 Å². The molecule has 2 aliphatic carbocycles. The van der Waals surface area contributed by atoms with E-state index in [1.807, 2.05) is 21.6 Å². The summed E-state index contributed by atoms with van der Waals surface area (Å²) < 4.78 is 17.9. The van der Waals surface area contributed by atoms with Crippen molar-refractivity contribution < 1.29 is 34.3 Å². The number of cyclic esters (lactones) is 1. The highest BCUT2D eigenvalue weighted by Gasteiger charge is 2.56. The minimum atomic E-state index is -0.654. The van der Waals surface area contributed by atoms with Crippen molar-refractivity contribution in [3.63, 3.8) is 0 Å². The fourth-order valence-corrected chi connectivity index (χ4v) is 13.9. The number of rotatable bonds is 5. The molecule has 5 fully saturated rings. The summed E-state index contributed by atoms with van der Waals surface area (Å²) in [6.07, 6.45) is 14.1.